The molecule has 9 N–H and O–H groups in total. The molecule has 2 bridgehead atoms. The normalized spacial score (nSPS) is 24.3. The van der Waals surface area contributed by atoms with Gasteiger partial charge in [0.25, 0.3) is 0 Å². The lowest BCUT2D eigenvalue weighted by Crippen LogP contribution is -2.65. The Balaban J connectivity index is 1.64. The molecular weight excluding hydrogens is 917 g/mol. The van der Waals surface area contributed by atoms with E-state index in [9.17, 15) is 48.6 Å². The van der Waals surface area contributed by atoms with Gasteiger partial charge < -0.3 is 57.1 Å². The average molecular weight is 983 g/mol. The first-order chi connectivity index (χ1) is 33.8. The van der Waals surface area contributed by atoms with Crippen LogP contribution in [-0.4, -0.2) is 135 Å². The van der Waals surface area contributed by atoms with E-state index in [2.05, 4.69) is 26.6 Å². The van der Waals surface area contributed by atoms with Crippen molar-refractivity contribution in [1.82, 2.24) is 36.4 Å². The zero-order valence-electron chi connectivity index (χ0n) is 40.7. The largest absolute Gasteiger partial charge is 0.508 e. The number of fused-ring (bicyclic) bond motifs is 2. The predicted octanol–water partition coefficient (Wildman–Crippen LogP) is 0.647. The minimum atomic E-state index is -1.80. The van der Waals surface area contributed by atoms with E-state index >= 15 is 4.79 Å². The highest BCUT2D eigenvalue weighted by atomic mass is 16.5. The summed E-state index contributed by atoms with van der Waals surface area (Å²) in [6.07, 6.45) is -3.77. The Bertz CT molecular complexity index is 2370. The van der Waals surface area contributed by atoms with E-state index in [1.807, 2.05) is 0 Å². The van der Waals surface area contributed by atoms with Crippen molar-refractivity contribution < 1.29 is 58.1 Å². The number of aliphatic hydroxyl groups excluding tert-OH is 1. The third-order valence-corrected chi connectivity index (χ3v) is 12.6. The van der Waals surface area contributed by atoms with Crippen molar-refractivity contribution in [2.75, 3.05) is 7.05 Å². The molecule has 0 saturated carbocycles. The van der Waals surface area contributed by atoms with Crippen LogP contribution in [0.4, 0.5) is 0 Å². The van der Waals surface area contributed by atoms with Crippen LogP contribution in [0.25, 0.3) is 0 Å². The van der Waals surface area contributed by atoms with E-state index in [-0.39, 0.29) is 57.1 Å². The number of esters is 1. The molecule has 9 atom stereocenters. The molecule has 71 heavy (non-hydrogen) atoms. The molecule has 3 aromatic carbocycles. The Labute approximate surface area is 412 Å². The lowest BCUT2D eigenvalue weighted by atomic mass is 9.95. The number of cyclic esters (lactones) is 1. The van der Waals surface area contributed by atoms with Crippen LogP contribution in [0.2, 0.25) is 0 Å². The van der Waals surface area contributed by atoms with Gasteiger partial charge in [0.2, 0.25) is 47.3 Å². The minimum absolute atomic E-state index is 0.0265. The highest BCUT2D eigenvalue weighted by Gasteiger charge is 2.46. The molecule has 20 heteroatoms. The van der Waals surface area contributed by atoms with Gasteiger partial charge in [-0.1, -0.05) is 93.6 Å². The fourth-order valence-corrected chi connectivity index (χ4v) is 8.56. The number of nitrogens with two attached hydrogens (primary N) is 1. The van der Waals surface area contributed by atoms with Crippen molar-refractivity contribution in [1.29, 1.82) is 0 Å². The smallest absolute Gasteiger partial charge is 0.329 e. The molecule has 2 aliphatic rings. The summed E-state index contributed by atoms with van der Waals surface area (Å²) in [5, 5.41) is 34.8. The third-order valence-electron chi connectivity index (χ3n) is 12.6. The maximum atomic E-state index is 15.1. The number of benzene rings is 3. The highest BCUT2D eigenvalue weighted by molar-refractivity contribution is 5.98. The van der Waals surface area contributed by atoms with Crippen LogP contribution in [0.5, 0.6) is 5.75 Å². The van der Waals surface area contributed by atoms with Gasteiger partial charge in [-0.05, 0) is 67.3 Å². The van der Waals surface area contributed by atoms with Gasteiger partial charge in [-0.3, -0.25) is 38.4 Å². The molecule has 382 valence electrons. The first-order valence-corrected chi connectivity index (χ1v) is 23.9. The summed E-state index contributed by atoms with van der Waals surface area (Å²) in [6, 6.07) is 13.1. The van der Waals surface area contributed by atoms with E-state index in [1.54, 1.807) is 81.4 Å². The van der Waals surface area contributed by atoms with Gasteiger partial charge in [0.05, 0.1) is 0 Å². The molecule has 8 amide bonds. The Hall–Kier alpha value is -7.35. The number of phenolic OH excluding ortho intramolecular Hbond substituents is 1. The summed E-state index contributed by atoms with van der Waals surface area (Å²) in [5.41, 5.74) is 7.10. The molecule has 0 radical (unpaired) electrons. The molecule has 0 aliphatic carbocycles. The summed E-state index contributed by atoms with van der Waals surface area (Å²) in [6.45, 7) is 6.30. The molecule has 3 aromatic rings. The van der Waals surface area contributed by atoms with Crippen LogP contribution in [0.3, 0.4) is 0 Å². The van der Waals surface area contributed by atoms with Gasteiger partial charge >= 0.3 is 5.97 Å². The maximum Gasteiger partial charge on any atom is 0.329 e. The number of carbonyl (C=O) groups is 9. The van der Waals surface area contributed by atoms with Gasteiger partial charge in [0.1, 0.15) is 60.4 Å². The molecule has 0 unspecified atom stereocenters. The maximum absolute atomic E-state index is 15.1. The summed E-state index contributed by atoms with van der Waals surface area (Å²) in [5.74, 6) is -8.31. The highest BCUT2D eigenvalue weighted by Crippen LogP contribution is 2.25. The van der Waals surface area contributed by atoms with E-state index in [4.69, 9.17) is 10.5 Å². The number of hydrogen-bond acceptors (Lipinski definition) is 12. The molecular formula is C51H66N8O12. The lowest BCUT2D eigenvalue weighted by Gasteiger charge is -2.43. The fraction of sp³-hybridized carbons (Fsp3) is 0.471. The SMILES string of the molecule is CCCC(=O)N[C@@H](CCC(N)=O)C(=O)N[C@@H]1C(=O)N[C@@H](Cc2ccc(O)cc2)C(=O)N[C@H]2CC[C@@H](O)N(C2=O)[C@@H](Cc2ccccc2)C(=O)N(C)[C@@H](Cc2ccccc2)C(=O)N[C@@H](C(C)C)C(=O)O[C@@H]1C. The number of amides is 8. The fourth-order valence-electron chi connectivity index (χ4n) is 8.56. The van der Waals surface area contributed by atoms with Gasteiger partial charge in [-0.25, -0.2) is 4.79 Å². The average Bonchev–Trinajstić information content (AvgIpc) is 3.33. The number of aliphatic hydroxyl groups is 1. The van der Waals surface area contributed by atoms with Crippen LogP contribution in [0.15, 0.2) is 84.9 Å². The summed E-state index contributed by atoms with van der Waals surface area (Å²) in [7, 11) is 1.39. The van der Waals surface area contributed by atoms with Crippen molar-refractivity contribution in [2.24, 2.45) is 11.7 Å². The molecule has 2 fully saturated rings. The Morgan fingerprint density at radius 2 is 1.35 bits per heavy atom. The number of phenols is 1. The van der Waals surface area contributed by atoms with E-state index in [0.717, 1.165) is 4.90 Å². The minimum Gasteiger partial charge on any atom is -0.508 e. The van der Waals surface area contributed by atoms with Crippen LogP contribution in [0, 0.1) is 5.92 Å². The summed E-state index contributed by atoms with van der Waals surface area (Å²) in [4.78, 5) is 129. The zero-order valence-corrected chi connectivity index (χ0v) is 40.7. The van der Waals surface area contributed by atoms with Crippen LogP contribution < -0.4 is 32.3 Å². The summed E-state index contributed by atoms with van der Waals surface area (Å²) >= 11 is 0. The first kappa shape index (κ1) is 54.6. The van der Waals surface area contributed by atoms with Gasteiger partial charge in [-0.15, -0.1) is 0 Å². The van der Waals surface area contributed by atoms with Crippen molar-refractivity contribution in [3.8, 4) is 5.75 Å². The van der Waals surface area contributed by atoms with Gasteiger partial charge in [0, 0.05) is 39.2 Å². The lowest BCUT2D eigenvalue weighted by molar-refractivity contribution is -0.165. The van der Waals surface area contributed by atoms with Crippen LogP contribution in [-0.2, 0) is 67.2 Å². The Morgan fingerprint density at radius 3 is 1.93 bits per heavy atom. The van der Waals surface area contributed by atoms with Gasteiger partial charge in [-0.2, -0.15) is 0 Å². The van der Waals surface area contributed by atoms with Crippen molar-refractivity contribution in [3.63, 3.8) is 0 Å². The van der Waals surface area contributed by atoms with Crippen molar-refractivity contribution >= 4 is 53.2 Å². The van der Waals surface area contributed by atoms with Gasteiger partial charge in [0.15, 0.2) is 0 Å². The monoisotopic (exact) mass is 982 g/mol. The first-order valence-electron chi connectivity index (χ1n) is 23.9. The second-order valence-electron chi connectivity index (χ2n) is 18.4. The second kappa shape index (κ2) is 25.5. The van der Waals surface area contributed by atoms with Crippen LogP contribution in [0.1, 0.15) is 82.9 Å². The van der Waals surface area contributed by atoms with Crippen molar-refractivity contribution in [2.45, 2.75) is 140 Å². The van der Waals surface area contributed by atoms with E-state index in [1.165, 1.54) is 43.1 Å². The molecule has 0 spiro atoms. The van der Waals surface area contributed by atoms with E-state index in [0.29, 0.717) is 23.1 Å². The molecule has 5 rings (SSSR count). The molecule has 0 aromatic heterocycles. The topological polar surface area (TPSA) is 296 Å². The predicted molar refractivity (Wildman–Crippen MR) is 258 cm³/mol. The number of ether oxygens (including phenoxy) is 1. The molecule has 2 saturated heterocycles. The second-order valence-corrected chi connectivity index (χ2v) is 18.4. The third kappa shape index (κ3) is 15.1. The summed E-state index contributed by atoms with van der Waals surface area (Å²) < 4.78 is 5.90. The number of primary amides is 1. The number of rotatable bonds is 15. The number of carbonyl (C=O) groups excluding carboxylic acids is 9. The zero-order chi connectivity index (χ0) is 51.9. The number of nitrogens with zero attached hydrogens (tertiary/aromatic N) is 2. The quantitative estimate of drug-likeness (QED) is 0.0975. The number of nitrogens with one attached hydrogen (secondary N) is 5. The molecule has 2 aliphatic heterocycles. The molecule has 2 heterocycles. The Morgan fingerprint density at radius 1 is 0.761 bits per heavy atom. The standard InChI is InChI=1S/C51H66N8O12/c1-6-13-41(62)53-35(22-24-40(52)61)45(64)57-44-30(4)71-51(70)43(29(2)3)56-47(66)38(27-31-14-9-7-10-15-31)58(5)50(69)39(28-32-16-11-8-12-17-32)59-42(63)25-23-36(49(59)68)54-46(65)37(55-48(44)67)26-33-18-20-34(60)21-19-33/h7-12,14-21,29-30,35-39,42-44,60,63H,6,13,22-28H2,1-5H3,(H2,52,61)(H,53,62)(H,54,65)(H,55,67)(H,56,66)(H,57,64)/t30-,35+,36+,37+,38+,39+,42-,43+,44+/m1/s1. The number of aromatic hydroxyl groups is 1. The number of likely N-dealkylation sites (N-methyl/N-ethyl adjacent to an activating group) is 1. The molecule has 20 nitrogen and oxygen atoms in total. The van der Waals surface area contributed by atoms with E-state index < -0.39 is 114 Å². The van der Waals surface area contributed by atoms with Crippen molar-refractivity contribution in [3.05, 3.63) is 102 Å². The number of piperidine rings is 1. The van der Waals surface area contributed by atoms with Crippen LogP contribution >= 0.6 is 0 Å². The Kier molecular flexibility index (Phi) is 19.6. The number of hydrogen-bond donors (Lipinski definition) is 8.